The first kappa shape index (κ1) is 10.2. The Morgan fingerprint density at radius 1 is 1.29 bits per heavy atom. The maximum absolute atomic E-state index is 3.53. The van der Waals surface area contributed by atoms with E-state index in [1.807, 2.05) is 0 Å². The summed E-state index contributed by atoms with van der Waals surface area (Å²) in [4.78, 5) is 2.34. The Hall–Kier alpha value is -0.340. The van der Waals surface area contributed by atoms with E-state index in [0.29, 0.717) is 0 Å². The third kappa shape index (κ3) is 2.01. The number of likely N-dealkylation sites (N-methyl/N-ethyl adjacent to an activating group) is 1. The summed E-state index contributed by atoms with van der Waals surface area (Å²) in [5.41, 5.74) is 3.05. The minimum atomic E-state index is 0.719. The molecule has 0 saturated carbocycles. The van der Waals surface area contributed by atoms with Crippen LogP contribution in [-0.2, 0) is 12.8 Å². The van der Waals surface area contributed by atoms with Crippen LogP contribution in [0.1, 0.15) is 17.5 Å². The van der Waals surface area contributed by atoms with Crippen molar-refractivity contribution in [3.05, 3.63) is 33.8 Å². The summed E-state index contributed by atoms with van der Waals surface area (Å²) in [6.45, 7) is 0. The van der Waals surface area contributed by atoms with Crippen molar-refractivity contribution >= 4 is 15.9 Å². The summed E-state index contributed by atoms with van der Waals surface area (Å²) in [6, 6.07) is 7.39. The molecule has 1 nitrogen and oxygen atoms in total. The smallest absolute Gasteiger partial charge is 0.0178 e. The van der Waals surface area contributed by atoms with Gasteiger partial charge in [-0.3, -0.25) is 0 Å². The Balaban J connectivity index is 2.24. The molecule has 2 heteroatoms. The van der Waals surface area contributed by atoms with Gasteiger partial charge in [-0.25, -0.2) is 0 Å². The maximum atomic E-state index is 3.53. The van der Waals surface area contributed by atoms with Crippen LogP contribution in [0.4, 0.5) is 0 Å². The molecule has 0 fully saturated rings. The number of fused-ring (bicyclic) bond motifs is 1. The number of nitrogens with zero attached hydrogens (tertiary/aromatic N) is 1. The predicted octanol–water partition coefficient (Wildman–Crippen LogP) is 2.87. The van der Waals surface area contributed by atoms with Crippen LogP contribution in [0.3, 0.4) is 0 Å². The fraction of sp³-hybridized carbons (Fsp3) is 0.500. The van der Waals surface area contributed by atoms with Gasteiger partial charge in [-0.15, -0.1) is 0 Å². The number of aryl methyl sites for hydroxylation is 1. The van der Waals surface area contributed by atoms with Gasteiger partial charge in [0.05, 0.1) is 0 Å². The van der Waals surface area contributed by atoms with Crippen molar-refractivity contribution < 1.29 is 0 Å². The molecule has 1 aromatic carbocycles. The summed E-state index contributed by atoms with van der Waals surface area (Å²) in [6.07, 6.45) is 3.72. The molecule has 1 unspecified atom stereocenters. The minimum absolute atomic E-state index is 0.719. The summed E-state index contributed by atoms with van der Waals surface area (Å²) < 4.78 is 1.20. The van der Waals surface area contributed by atoms with Gasteiger partial charge in [-0.05, 0) is 56.6 Å². The molecular formula is C12H16BrN. The lowest BCUT2D eigenvalue weighted by Gasteiger charge is -2.29. The Bertz CT molecular complexity index is 333. The molecule has 1 atom stereocenters. The Morgan fingerprint density at radius 3 is 2.79 bits per heavy atom. The third-order valence-corrected chi connectivity index (χ3v) is 3.59. The Kier molecular flexibility index (Phi) is 2.93. The van der Waals surface area contributed by atoms with E-state index in [0.717, 1.165) is 6.04 Å². The zero-order valence-electron chi connectivity index (χ0n) is 8.76. The number of rotatable bonds is 1. The summed E-state index contributed by atoms with van der Waals surface area (Å²) in [5, 5.41) is 0. The quantitative estimate of drug-likeness (QED) is 0.744. The standard InChI is InChI=1S/C12H16BrN/c1-14(2)12-6-4-9-3-5-11(13)7-10(9)8-12/h3,5,7,12H,4,6,8H2,1-2H3. The fourth-order valence-corrected chi connectivity index (χ4v) is 2.56. The predicted molar refractivity (Wildman–Crippen MR) is 63.6 cm³/mol. The van der Waals surface area contributed by atoms with E-state index in [9.17, 15) is 0 Å². The van der Waals surface area contributed by atoms with Crippen LogP contribution >= 0.6 is 15.9 Å². The van der Waals surface area contributed by atoms with Crippen molar-refractivity contribution in [1.82, 2.24) is 4.90 Å². The normalized spacial score (nSPS) is 21.0. The lowest BCUT2D eigenvalue weighted by atomic mass is 9.88. The molecule has 1 aliphatic carbocycles. The first-order chi connectivity index (χ1) is 6.66. The molecule has 0 radical (unpaired) electrons. The van der Waals surface area contributed by atoms with Gasteiger partial charge in [0.1, 0.15) is 0 Å². The third-order valence-electron chi connectivity index (χ3n) is 3.10. The highest BCUT2D eigenvalue weighted by Crippen LogP contribution is 2.26. The molecular weight excluding hydrogens is 238 g/mol. The molecule has 0 amide bonds. The van der Waals surface area contributed by atoms with Crippen molar-refractivity contribution in [3.63, 3.8) is 0 Å². The largest absolute Gasteiger partial charge is 0.306 e. The molecule has 0 aromatic heterocycles. The highest BCUT2D eigenvalue weighted by Gasteiger charge is 2.19. The van der Waals surface area contributed by atoms with Crippen molar-refractivity contribution in [2.75, 3.05) is 14.1 Å². The van der Waals surface area contributed by atoms with Gasteiger partial charge in [-0.2, -0.15) is 0 Å². The van der Waals surface area contributed by atoms with Gasteiger partial charge in [0, 0.05) is 10.5 Å². The minimum Gasteiger partial charge on any atom is -0.306 e. The highest BCUT2D eigenvalue weighted by atomic mass is 79.9. The van der Waals surface area contributed by atoms with Crippen LogP contribution in [0.15, 0.2) is 22.7 Å². The van der Waals surface area contributed by atoms with Gasteiger partial charge < -0.3 is 4.90 Å². The molecule has 0 aliphatic heterocycles. The Morgan fingerprint density at radius 2 is 2.07 bits per heavy atom. The average Bonchev–Trinajstić information content (AvgIpc) is 2.16. The van der Waals surface area contributed by atoms with Crippen molar-refractivity contribution in [1.29, 1.82) is 0 Å². The van der Waals surface area contributed by atoms with Crippen LogP contribution < -0.4 is 0 Å². The topological polar surface area (TPSA) is 3.24 Å². The molecule has 0 N–H and O–H groups in total. The molecule has 0 saturated heterocycles. The zero-order valence-corrected chi connectivity index (χ0v) is 10.3. The number of hydrogen-bond acceptors (Lipinski definition) is 1. The summed E-state index contributed by atoms with van der Waals surface area (Å²) in [7, 11) is 4.35. The van der Waals surface area contributed by atoms with Crippen LogP contribution in [0.25, 0.3) is 0 Å². The lowest BCUT2D eigenvalue weighted by Crippen LogP contribution is -2.33. The first-order valence-corrected chi connectivity index (χ1v) is 5.90. The van der Waals surface area contributed by atoms with E-state index >= 15 is 0 Å². The SMILES string of the molecule is CN(C)C1CCc2ccc(Br)cc2C1. The van der Waals surface area contributed by atoms with Crippen molar-refractivity contribution in [3.8, 4) is 0 Å². The molecule has 0 spiro atoms. The van der Waals surface area contributed by atoms with E-state index in [-0.39, 0.29) is 0 Å². The maximum Gasteiger partial charge on any atom is 0.0178 e. The fourth-order valence-electron chi connectivity index (χ4n) is 2.15. The molecule has 1 aromatic rings. The number of halogens is 1. The molecule has 76 valence electrons. The van der Waals surface area contributed by atoms with E-state index in [2.05, 4.69) is 53.1 Å². The second-order valence-electron chi connectivity index (χ2n) is 4.27. The van der Waals surface area contributed by atoms with Crippen LogP contribution in [0.2, 0.25) is 0 Å². The number of hydrogen-bond donors (Lipinski definition) is 0. The van der Waals surface area contributed by atoms with Crippen LogP contribution in [-0.4, -0.2) is 25.0 Å². The van der Waals surface area contributed by atoms with Gasteiger partial charge in [0.25, 0.3) is 0 Å². The van der Waals surface area contributed by atoms with Crippen LogP contribution in [0, 0.1) is 0 Å². The summed E-state index contributed by atoms with van der Waals surface area (Å²) in [5.74, 6) is 0. The molecule has 0 bridgehead atoms. The van der Waals surface area contributed by atoms with Gasteiger partial charge in [-0.1, -0.05) is 22.0 Å². The van der Waals surface area contributed by atoms with Crippen molar-refractivity contribution in [2.45, 2.75) is 25.3 Å². The first-order valence-electron chi connectivity index (χ1n) is 5.10. The van der Waals surface area contributed by atoms with E-state index < -0.39 is 0 Å². The van der Waals surface area contributed by atoms with Gasteiger partial charge in [0.2, 0.25) is 0 Å². The van der Waals surface area contributed by atoms with Gasteiger partial charge >= 0.3 is 0 Å². The molecule has 0 heterocycles. The van der Waals surface area contributed by atoms with E-state index in [1.54, 1.807) is 0 Å². The lowest BCUT2D eigenvalue weighted by molar-refractivity contribution is 0.268. The number of benzene rings is 1. The second kappa shape index (κ2) is 4.03. The van der Waals surface area contributed by atoms with E-state index in [1.165, 1.54) is 34.9 Å². The average molecular weight is 254 g/mol. The van der Waals surface area contributed by atoms with Crippen LogP contribution in [0.5, 0.6) is 0 Å². The summed E-state index contributed by atoms with van der Waals surface area (Å²) >= 11 is 3.53. The molecule has 14 heavy (non-hydrogen) atoms. The molecule has 2 rings (SSSR count). The van der Waals surface area contributed by atoms with E-state index in [4.69, 9.17) is 0 Å². The van der Waals surface area contributed by atoms with Gasteiger partial charge in [0.15, 0.2) is 0 Å². The highest BCUT2D eigenvalue weighted by molar-refractivity contribution is 9.10. The Labute approximate surface area is 94.2 Å². The monoisotopic (exact) mass is 253 g/mol. The zero-order chi connectivity index (χ0) is 10.1. The second-order valence-corrected chi connectivity index (χ2v) is 5.19. The van der Waals surface area contributed by atoms with Crippen molar-refractivity contribution in [2.24, 2.45) is 0 Å². The molecule has 1 aliphatic rings.